The monoisotopic (exact) mass is 309 g/mol. The molecule has 0 unspecified atom stereocenters. The van der Waals surface area contributed by atoms with Gasteiger partial charge in [-0.1, -0.05) is 12.1 Å². The van der Waals surface area contributed by atoms with E-state index in [0.29, 0.717) is 6.54 Å². The number of hydrogen-bond acceptors (Lipinski definition) is 3. The lowest BCUT2D eigenvalue weighted by Gasteiger charge is -2.07. The zero-order chi connectivity index (χ0) is 12.8. The minimum Gasteiger partial charge on any atom is -0.466 e. The van der Waals surface area contributed by atoms with Crippen molar-refractivity contribution in [1.29, 1.82) is 0 Å². The van der Waals surface area contributed by atoms with E-state index in [-0.39, 0.29) is 6.61 Å². The van der Waals surface area contributed by atoms with Gasteiger partial charge in [-0.05, 0) is 52.5 Å². The van der Waals surface area contributed by atoms with Gasteiger partial charge in [0.1, 0.15) is 5.76 Å². The molecule has 18 heavy (non-hydrogen) atoms. The third-order valence-corrected chi connectivity index (χ3v) is 3.40. The Balaban J connectivity index is 1.95. The molecule has 0 fully saturated rings. The van der Waals surface area contributed by atoms with Crippen LogP contribution in [0.5, 0.6) is 0 Å². The lowest BCUT2D eigenvalue weighted by Crippen LogP contribution is -1.99. The normalized spacial score (nSPS) is 10.6. The minimum absolute atomic E-state index is 0.233. The van der Waals surface area contributed by atoms with Crippen LogP contribution in [-0.4, -0.2) is 11.7 Å². The van der Waals surface area contributed by atoms with Gasteiger partial charge in [-0.2, -0.15) is 0 Å². The summed E-state index contributed by atoms with van der Waals surface area (Å²) < 4.78 is 6.32. The van der Waals surface area contributed by atoms with Crippen molar-refractivity contribution < 1.29 is 9.52 Å². The van der Waals surface area contributed by atoms with Crippen molar-refractivity contribution >= 4 is 21.6 Å². The fourth-order valence-corrected chi connectivity index (χ4v) is 2.10. The van der Waals surface area contributed by atoms with E-state index in [2.05, 4.69) is 33.4 Å². The average Bonchev–Trinajstić information content (AvgIpc) is 2.80. The maximum atomic E-state index is 8.82. The number of hydrogen-bond donors (Lipinski definition) is 2. The Morgan fingerprint density at radius 1 is 1.28 bits per heavy atom. The van der Waals surface area contributed by atoms with E-state index in [9.17, 15) is 0 Å². The highest BCUT2D eigenvalue weighted by Gasteiger charge is 2.03. The van der Waals surface area contributed by atoms with Crippen molar-refractivity contribution in [3.05, 3.63) is 52.4 Å². The first-order valence-corrected chi connectivity index (χ1v) is 6.74. The summed E-state index contributed by atoms with van der Waals surface area (Å²) in [4.78, 5) is 0. The number of nitrogens with one attached hydrogen (secondary N) is 1. The number of anilines is 1. The molecular weight excluding hydrogens is 294 g/mol. The van der Waals surface area contributed by atoms with Crippen molar-refractivity contribution in [3.63, 3.8) is 0 Å². The standard InChI is InChI=1S/C14H16BrNO2/c15-13-6-8-18-14(13)10-16-12-5-1-3-11(9-12)4-2-7-17/h1,3,5-6,8-9,16-17H,2,4,7,10H2. The Morgan fingerprint density at radius 2 is 2.17 bits per heavy atom. The van der Waals surface area contributed by atoms with Gasteiger partial charge in [-0.25, -0.2) is 0 Å². The van der Waals surface area contributed by atoms with E-state index in [1.807, 2.05) is 18.2 Å². The molecule has 0 aliphatic carbocycles. The van der Waals surface area contributed by atoms with Gasteiger partial charge in [-0.15, -0.1) is 0 Å². The Morgan fingerprint density at radius 3 is 2.89 bits per heavy atom. The van der Waals surface area contributed by atoms with E-state index in [4.69, 9.17) is 9.52 Å². The average molecular weight is 310 g/mol. The number of aliphatic hydroxyl groups excluding tert-OH is 1. The van der Waals surface area contributed by atoms with E-state index in [0.717, 1.165) is 28.8 Å². The molecule has 2 aromatic rings. The third kappa shape index (κ3) is 3.62. The van der Waals surface area contributed by atoms with Gasteiger partial charge in [0.05, 0.1) is 17.3 Å². The van der Waals surface area contributed by atoms with E-state index in [1.165, 1.54) is 5.56 Å². The molecule has 1 aromatic carbocycles. The zero-order valence-electron chi connectivity index (χ0n) is 10.0. The predicted octanol–water partition coefficient (Wildman–Crippen LogP) is 3.58. The smallest absolute Gasteiger partial charge is 0.136 e. The zero-order valence-corrected chi connectivity index (χ0v) is 11.6. The summed E-state index contributed by atoms with van der Waals surface area (Å²) in [7, 11) is 0. The first-order valence-electron chi connectivity index (χ1n) is 5.95. The van der Waals surface area contributed by atoms with Gasteiger partial charge >= 0.3 is 0 Å². The van der Waals surface area contributed by atoms with Gasteiger partial charge in [0.15, 0.2) is 0 Å². The summed E-state index contributed by atoms with van der Waals surface area (Å²) >= 11 is 3.43. The topological polar surface area (TPSA) is 45.4 Å². The molecule has 0 spiro atoms. The van der Waals surface area contributed by atoms with Crippen LogP contribution in [0.4, 0.5) is 5.69 Å². The molecule has 0 saturated carbocycles. The van der Waals surface area contributed by atoms with Crippen molar-refractivity contribution in [2.24, 2.45) is 0 Å². The molecule has 0 atom stereocenters. The molecule has 2 N–H and O–H groups in total. The summed E-state index contributed by atoms with van der Waals surface area (Å²) in [6, 6.07) is 10.1. The van der Waals surface area contributed by atoms with Gasteiger partial charge in [0, 0.05) is 12.3 Å². The van der Waals surface area contributed by atoms with Crippen LogP contribution in [0.1, 0.15) is 17.7 Å². The molecule has 1 heterocycles. The molecule has 2 rings (SSSR count). The molecular formula is C14H16BrNO2. The van der Waals surface area contributed by atoms with Crippen LogP contribution >= 0.6 is 15.9 Å². The lowest BCUT2D eigenvalue weighted by molar-refractivity contribution is 0.288. The number of aryl methyl sites for hydroxylation is 1. The fourth-order valence-electron chi connectivity index (χ4n) is 1.75. The van der Waals surface area contributed by atoms with Crippen LogP contribution in [0.3, 0.4) is 0 Å². The summed E-state index contributed by atoms with van der Waals surface area (Å²) in [5.41, 5.74) is 2.29. The second-order valence-electron chi connectivity index (χ2n) is 4.07. The highest BCUT2D eigenvalue weighted by molar-refractivity contribution is 9.10. The first kappa shape index (κ1) is 13.2. The molecule has 3 nitrogen and oxygen atoms in total. The van der Waals surface area contributed by atoms with Crippen molar-refractivity contribution in [2.45, 2.75) is 19.4 Å². The van der Waals surface area contributed by atoms with Crippen LogP contribution in [0.15, 0.2) is 45.5 Å². The quantitative estimate of drug-likeness (QED) is 0.857. The Labute approximate surface area is 115 Å². The van der Waals surface area contributed by atoms with Crippen LogP contribution in [-0.2, 0) is 13.0 Å². The summed E-state index contributed by atoms with van der Waals surface area (Å²) in [5.74, 6) is 0.885. The maximum Gasteiger partial charge on any atom is 0.136 e. The maximum absolute atomic E-state index is 8.82. The molecule has 0 bridgehead atoms. The van der Waals surface area contributed by atoms with Crippen molar-refractivity contribution in [1.82, 2.24) is 0 Å². The summed E-state index contributed by atoms with van der Waals surface area (Å²) in [6.45, 7) is 0.883. The second-order valence-corrected chi connectivity index (χ2v) is 4.93. The van der Waals surface area contributed by atoms with Gasteiger partial charge in [0.25, 0.3) is 0 Å². The molecule has 0 amide bonds. The molecule has 0 aliphatic rings. The summed E-state index contributed by atoms with van der Waals surface area (Å²) in [5, 5.41) is 12.1. The van der Waals surface area contributed by atoms with Crippen molar-refractivity contribution in [3.8, 4) is 0 Å². The second kappa shape index (κ2) is 6.61. The highest BCUT2D eigenvalue weighted by Crippen LogP contribution is 2.19. The molecule has 96 valence electrons. The highest BCUT2D eigenvalue weighted by atomic mass is 79.9. The number of halogens is 1. The first-order chi connectivity index (χ1) is 8.79. The van der Waals surface area contributed by atoms with Crippen LogP contribution < -0.4 is 5.32 Å². The fraction of sp³-hybridized carbons (Fsp3) is 0.286. The van der Waals surface area contributed by atoms with Crippen LogP contribution in [0.2, 0.25) is 0 Å². The molecule has 4 heteroatoms. The largest absolute Gasteiger partial charge is 0.466 e. The Bertz CT molecular complexity index is 496. The summed E-state index contributed by atoms with van der Waals surface area (Å²) in [6.07, 6.45) is 3.36. The molecule has 0 radical (unpaired) electrons. The number of aliphatic hydroxyl groups is 1. The van der Waals surface area contributed by atoms with Crippen LogP contribution in [0, 0.1) is 0 Å². The molecule has 0 saturated heterocycles. The molecule has 0 aliphatic heterocycles. The van der Waals surface area contributed by atoms with E-state index >= 15 is 0 Å². The Kier molecular flexibility index (Phi) is 4.84. The van der Waals surface area contributed by atoms with Crippen LogP contribution in [0.25, 0.3) is 0 Å². The van der Waals surface area contributed by atoms with E-state index in [1.54, 1.807) is 6.26 Å². The van der Waals surface area contributed by atoms with Gasteiger partial charge < -0.3 is 14.8 Å². The number of furan rings is 1. The number of rotatable bonds is 6. The lowest BCUT2D eigenvalue weighted by atomic mass is 10.1. The third-order valence-electron chi connectivity index (χ3n) is 2.69. The minimum atomic E-state index is 0.233. The molecule has 1 aromatic heterocycles. The SMILES string of the molecule is OCCCc1cccc(NCc2occc2Br)c1. The van der Waals surface area contributed by atoms with Gasteiger partial charge in [0.2, 0.25) is 0 Å². The van der Waals surface area contributed by atoms with Gasteiger partial charge in [-0.3, -0.25) is 0 Å². The van der Waals surface area contributed by atoms with Crippen molar-refractivity contribution in [2.75, 3.05) is 11.9 Å². The number of benzene rings is 1. The van der Waals surface area contributed by atoms with E-state index < -0.39 is 0 Å². The predicted molar refractivity (Wildman–Crippen MR) is 75.6 cm³/mol. The Hall–Kier alpha value is -1.26.